The first-order valence-corrected chi connectivity index (χ1v) is 14.7. The van der Waals surface area contributed by atoms with Crippen LogP contribution >= 0.6 is 10.0 Å². The van der Waals surface area contributed by atoms with Crippen LogP contribution in [0.1, 0.15) is 27.3 Å². The number of halogens is 5. The average molecular weight is 585 g/mol. The van der Waals surface area contributed by atoms with Crippen molar-refractivity contribution in [3.8, 4) is 23.3 Å². The van der Waals surface area contributed by atoms with Crippen LogP contribution in [0.5, 0.6) is 11.5 Å². The zero-order chi connectivity index (χ0) is 29.5. The molecule has 0 bridgehead atoms. The van der Waals surface area contributed by atoms with Crippen molar-refractivity contribution in [2.45, 2.75) is 19.1 Å². The summed E-state index contributed by atoms with van der Waals surface area (Å²) in [6.07, 6.45) is -2.51. The molecule has 1 aliphatic heterocycles. The molecule has 4 rings (SSSR count). The van der Waals surface area contributed by atoms with Gasteiger partial charge in [0.05, 0.1) is 24.6 Å². The Hall–Kier alpha value is -3.83. The maximum atomic E-state index is 13.7. The van der Waals surface area contributed by atoms with Crippen LogP contribution in [0.4, 0.5) is 27.6 Å². The van der Waals surface area contributed by atoms with Crippen LogP contribution in [0, 0.1) is 11.3 Å². The molecule has 0 aliphatic carbocycles. The number of alkyl halides is 5. The minimum absolute atomic E-state index is 0.0637. The summed E-state index contributed by atoms with van der Waals surface area (Å²) < 4.78 is 83.4. The van der Waals surface area contributed by atoms with Gasteiger partial charge in [-0.05, 0) is 49.1 Å². The van der Waals surface area contributed by atoms with Crippen LogP contribution in [0.2, 0.25) is 0 Å². The molecule has 3 aromatic rings. The van der Waals surface area contributed by atoms with Gasteiger partial charge >= 0.3 is 12.5 Å². The molecule has 0 fully saturated rings. The molecule has 8 nitrogen and oxygen atoms in total. The second kappa shape index (κ2) is 10.6. The Morgan fingerprint density at radius 3 is 2.50 bits per heavy atom. The molecule has 1 aromatic heterocycles. The van der Waals surface area contributed by atoms with Crippen molar-refractivity contribution < 1.29 is 41.0 Å². The fourth-order valence-electron chi connectivity index (χ4n) is 3.82. The topological polar surface area (TPSA) is 89.6 Å². The van der Waals surface area contributed by atoms with E-state index in [0.717, 1.165) is 9.58 Å². The molecule has 40 heavy (non-hydrogen) atoms. The number of nitrogens with zero attached hydrogens (tertiary/aromatic N) is 4. The highest BCUT2D eigenvalue weighted by Gasteiger charge is 2.43. The first-order valence-electron chi connectivity index (χ1n) is 11.7. The lowest BCUT2D eigenvalue weighted by atomic mass is 10.1. The molecule has 0 atom stereocenters. The Balaban J connectivity index is 1.65. The summed E-state index contributed by atoms with van der Waals surface area (Å²) in [6, 6.07) is 11.0. The molecule has 214 valence electrons. The lowest BCUT2D eigenvalue weighted by Gasteiger charge is -2.24. The van der Waals surface area contributed by atoms with Gasteiger partial charge in [-0.1, -0.05) is 6.07 Å². The Labute approximate surface area is 228 Å². The van der Waals surface area contributed by atoms with Crippen LogP contribution in [0.3, 0.4) is 0 Å². The maximum Gasteiger partial charge on any atom is 0.586 e. The quantitative estimate of drug-likeness (QED) is 0.254. The maximum absolute atomic E-state index is 13.7. The molecule has 0 saturated heterocycles. The van der Waals surface area contributed by atoms with E-state index in [-0.39, 0.29) is 47.3 Å². The molecule has 0 unspecified atom stereocenters. The van der Waals surface area contributed by atoms with Gasteiger partial charge in [0.25, 0.3) is 5.91 Å². The minimum Gasteiger partial charge on any atom is -0.395 e. The highest BCUT2D eigenvalue weighted by molar-refractivity contribution is 8.32. The number of carbonyl (C=O) groups is 1. The zero-order valence-electron chi connectivity index (χ0n) is 21.9. The van der Waals surface area contributed by atoms with Crippen LogP contribution in [0.15, 0.2) is 42.5 Å². The molecule has 0 radical (unpaired) electrons. The molecule has 0 spiro atoms. The number of rotatable bonds is 8. The van der Waals surface area contributed by atoms with Gasteiger partial charge in [-0.2, -0.15) is 23.5 Å². The number of ether oxygens (including phenoxy) is 3. The molecular formula is C26H25F5N4O4S. The second-order valence-corrected chi connectivity index (χ2v) is 14.3. The van der Waals surface area contributed by atoms with E-state index in [1.54, 1.807) is 6.07 Å². The monoisotopic (exact) mass is 584 g/mol. The van der Waals surface area contributed by atoms with Crippen molar-refractivity contribution in [2.24, 2.45) is 0 Å². The summed E-state index contributed by atoms with van der Waals surface area (Å²) >= 11 is 0. The number of amides is 1. The molecule has 1 aliphatic rings. The molecule has 1 amide bonds. The third kappa shape index (κ3) is 6.31. The SMILES string of the molecule is CN(C(=O)c1cccc(-n2nc(C(F)(F)F)c(C#N)c2COCCS(C)(C)C)c1)c1ccc2c(c1)OC(F)(F)O2. The fraction of sp³-hybridized carbons (Fsp3) is 0.346. The summed E-state index contributed by atoms with van der Waals surface area (Å²) in [5.74, 6) is -0.332. The van der Waals surface area contributed by atoms with Gasteiger partial charge in [-0.3, -0.25) is 4.79 Å². The lowest BCUT2D eigenvalue weighted by Crippen LogP contribution is -2.26. The normalized spacial score (nSPS) is 14.6. The number of aromatic nitrogens is 2. The van der Waals surface area contributed by atoms with Crippen molar-refractivity contribution in [3.63, 3.8) is 0 Å². The summed E-state index contributed by atoms with van der Waals surface area (Å²) in [5, 5.41) is 13.2. The van der Waals surface area contributed by atoms with Crippen molar-refractivity contribution in [3.05, 3.63) is 65.0 Å². The van der Waals surface area contributed by atoms with Gasteiger partial charge in [-0.25, -0.2) is 14.7 Å². The van der Waals surface area contributed by atoms with Gasteiger partial charge in [0.1, 0.15) is 11.6 Å². The standard InChI is InChI=1S/C26H25F5N4O4S/c1-34(17-8-9-21-22(13-17)39-26(30,31)38-21)24(36)16-6-5-7-18(12-16)35-20(15-37-10-11-40(2,3)4)19(14-32)23(33-35)25(27,28)29/h5-9,12-13H,10-11,15H2,1-4H3. The zero-order valence-corrected chi connectivity index (χ0v) is 22.7. The van der Waals surface area contributed by atoms with Crippen molar-refractivity contribution in [2.75, 3.05) is 43.1 Å². The largest absolute Gasteiger partial charge is 0.586 e. The summed E-state index contributed by atoms with van der Waals surface area (Å²) in [6.45, 7) is -0.0254. The first-order chi connectivity index (χ1) is 18.6. The van der Waals surface area contributed by atoms with Crippen molar-refractivity contribution >= 4 is 21.6 Å². The number of carbonyl (C=O) groups excluding carboxylic acids is 1. The molecular weight excluding hydrogens is 559 g/mol. The van der Waals surface area contributed by atoms with Crippen LogP contribution in [0.25, 0.3) is 5.69 Å². The molecule has 14 heteroatoms. The van der Waals surface area contributed by atoms with E-state index in [1.807, 2.05) is 0 Å². The molecule has 0 saturated carbocycles. The van der Waals surface area contributed by atoms with E-state index < -0.39 is 39.7 Å². The summed E-state index contributed by atoms with van der Waals surface area (Å²) in [4.78, 5) is 14.4. The molecule has 2 heterocycles. The van der Waals surface area contributed by atoms with Gasteiger partial charge in [0.15, 0.2) is 17.2 Å². The lowest BCUT2D eigenvalue weighted by molar-refractivity contribution is -0.286. The number of benzene rings is 2. The van der Waals surface area contributed by atoms with E-state index in [2.05, 4.69) is 33.3 Å². The van der Waals surface area contributed by atoms with E-state index in [9.17, 15) is 32.0 Å². The van der Waals surface area contributed by atoms with Gasteiger partial charge in [0.2, 0.25) is 0 Å². The second-order valence-electron chi connectivity index (χ2n) is 9.75. The van der Waals surface area contributed by atoms with Crippen molar-refractivity contribution in [1.29, 1.82) is 5.26 Å². The smallest absolute Gasteiger partial charge is 0.395 e. The molecule has 0 N–H and O–H groups in total. The van der Waals surface area contributed by atoms with E-state index in [1.165, 1.54) is 49.5 Å². The third-order valence-electron chi connectivity index (χ3n) is 5.85. The Bertz CT molecular complexity index is 1480. The molecule has 2 aromatic carbocycles. The van der Waals surface area contributed by atoms with Gasteiger partial charge < -0.3 is 19.1 Å². The Kier molecular flexibility index (Phi) is 7.75. The summed E-state index contributed by atoms with van der Waals surface area (Å²) in [7, 11) is 0.477. The van der Waals surface area contributed by atoms with Gasteiger partial charge in [0, 0.05) is 30.1 Å². The fourth-order valence-corrected chi connectivity index (χ4v) is 4.44. The Morgan fingerprint density at radius 1 is 1.15 bits per heavy atom. The van der Waals surface area contributed by atoms with Crippen LogP contribution in [-0.4, -0.2) is 60.2 Å². The van der Waals surface area contributed by atoms with E-state index in [4.69, 9.17) is 4.74 Å². The number of hydrogen-bond donors (Lipinski definition) is 0. The third-order valence-corrected chi connectivity index (χ3v) is 7.25. The number of nitriles is 1. The highest BCUT2D eigenvalue weighted by Crippen LogP contribution is 2.43. The minimum atomic E-state index is -4.90. The van der Waals surface area contributed by atoms with E-state index in [0.29, 0.717) is 5.75 Å². The predicted octanol–water partition coefficient (Wildman–Crippen LogP) is 5.57. The predicted molar refractivity (Wildman–Crippen MR) is 139 cm³/mol. The van der Waals surface area contributed by atoms with Gasteiger partial charge in [-0.15, -0.1) is 8.78 Å². The van der Waals surface area contributed by atoms with Crippen LogP contribution < -0.4 is 14.4 Å². The summed E-state index contributed by atoms with van der Waals surface area (Å²) in [5.41, 5.74) is -1.77. The van der Waals surface area contributed by atoms with E-state index >= 15 is 0 Å². The average Bonchev–Trinajstić information content (AvgIpc) is 3.40. The number of hydrogen-bond acceptors (Lipinski definition) is 6. The first kappa shape index (κ1) is 29.2. The Morgan fingerprint density at radius 2 is 1.85 bits per heavy atom. The highest BCUT2D eigenvalue weighted by atomic mass is 32.3. The van der Waals surface area contributed by atoms with Crippen LogP contribution in [-0.2, 0) is 17.5 Å². The number of fused-ring (bicyclic) bond motifs is 1. The number of anilines is 1. The van der Waals surface area contributed by atoms with Crippen molar-refractivity contribution in [1.82, 2.24) is 9.78 Å².